The largest absolute Gasteiger partial charge is 0.208 e. The summed E-state index contributed by atoms with van der Waals surface area (Å²) in [7, 11) is 0. The Bertz CT molecular complexity index is 1770. The van der Waals surface area contributed by atoms with Gasteiger partial charge in [-0.1, -0.05) is 98.8 Å². The first-order chi connectivity index (χ1) is 21.0. The molecule has 2 aliphatic rings. The zero-order chi connectivity index (χ0) is 29.4. The average molecular weight is 561 g/mol. The first-order valence-corrected chi connectivity index (χ1v) is 15.5. The highest BCUT2D eigenvalue weighted by Crippen LogP contribution is 2.54. The van der Waals surface area contributed by atoms with E-state index in [2.05, 4.69) is 56.3 Å². The van der Waals surface area contributed by atoms with E-state index in [-0.39, 0.29) is 0 Å². The molecule has 0 aliphatic heterocycles. The molecule has 0 radical (unpaired) electrons. The molecule has 1 unspecified atom stereocenters. The molecule has 4 nitrogen and oxygen atoms in total. The standard InChI is InChI=1S/C39H36N4/c1-26-19-29-20-27(2)23-39(22-26,24-29)35-17-15-32(16-18-35)37-41-36(31-7-4-3-5-8-31)42-38(43-37)34-10-6-9-33(21-34)30-13-11-28(25-40)12-14-30/h3-18,21,26-27,29H,19-20,22-24H2,1-2H3/t26-,27+,29-,39?. The van der Waals surface area contributed by atoms with Crippen molar-refractivity contribution in [2.24, 2.45) is 17.8 Å². The number of aromatic nitrogens is 3. The smallest absolute Gasteiger partial charge is 0.164 e. The molecule has 212 valence electrons. The van der Waals surface area contributed by atoms with Crippen molar-refractivity contribution in [2.45, 2.75) is 51.4 Å². The summed E-state index contributed by atoms with van der Waals surface area (Å²) in [6.07, 6.45) is 6.66. The fourth-order valence-corrected chi connectivity index (χ4v) is 7.96. The fourth-order valence-electron chi connectivity index (χ4n) is 7.96. The van der Waals surface area contributed by atoms with E-state index in [0.717, 1.165) is 45.6 Å². The van der Waals surface area contributed by atoms with Crippen LogP contribution in [0.1, 0.15) is 57.1 Å². The van der Waals surface area contributed by atoms with E-state index in [9.17, 15) is 5.26 Å². The summed E-state index contributed by atoms with van der Waals surface area (Å²) in [6.45, 7) is 4.89. The van der Waals surface area contributed by atoms with E-state index in [4.69, 9.17) is 15.0 Å². The third-order valence-corrected chi connectivity index (χ3v) is 9.52. The second-order valence-corrected chi connectivity index (χ2v) is 13.0. The highest BCUT2D eigenvalue weighted by molar-refractivity contribution is 5.72. The van der Waals surface area contributed by atoms with E-state index < -0.39 is 0 Å². The topological polar surface area (TPSA) is 62.5 Å². The van der Waals surface area contributed by atoms with Crippen LogP contribution in [0.5, 0.6) is 0 Å². The molecule has 0 spiro atoms. The predicted octanol–water partition coefficient (Wildman–Crippen LogP) is 9.52. The lowest BCUT2D eigenvalue weighted by atomic mass is 9.54. The van der Waals surface area contributed by atoms with Gasteiger partial charge in [-0.3, -0.25) is 0 Å². The summed E-state index contributed by atoms with van der Waals surface area (Å²) in [5.74, 6) is 4.41. The van der Waals surface area contributed by atoms with Gasteiger partial charge in [0.1, 0.15) is 0 Å². The molecule has 2 fully saturated rings. The molecule has 4 atom stereocenters. The van der Waals surface area contributed by atoms with Crippen LogP contribution in [0.2, 0.25) is 0 Å². The van der Waals surface area contributed by atoms with Crippen molar-refractivity contribution in [2.75, 3.05) is 0 Å². The minimum atomic E-state index is 0.296. The highest BCUT2D eigenvalue weighted by atomic mass is 15.0. The molecular formula is C39H36N4. The molecule has 1 heterocycles. The van der Waals surface area contributed by atoms with Crippen LogP contribution in [0.25, 0.3) is 45.3 Å². The van der Waals surface area contributed by atoms with Gasteiger partial charge in [-0.2, -0.15) is 5.26 Å². The molecule has 7 rings (SSSR count). The fraction of sp³-hybridized carbons (Fsp3) is 0.282. The van der Waals surface area contributed by atoms with Gasteiger partial charge in [-0.05, 0) is 90.2 Å². The molecule has 4 heteroatoms. The summed E-state index contributed by atoms with van der Waals surface area (Å²) in [5, 5.41) is 9.20. The molecule has 1 aromatic heterocycles. The van der Waals surface area contributed by atoms with Gasteiger partial charge in [0.15, 0.2) is 17.5 Å². The molecule has 2 aliphatic carbocycles. The first-order valence-electron chi connectivity index (χ1n) is 15.5. The quantitative estimate of drug-likeness (QED) is 0.215. The van der Waals surface area contributed by atoms with Crippen molar-refractivity contribution in [1.29, 1.82) is 5.26 Å². The summed E-state index contributed by atoms with van der Waals surface area (Å²) in [5.41, 5.74) is 7.42. The number of hydrogen-bond donors (Lipinski definition) is 0. The summed E-state index contributed by atoms with van der Waals surface area (Å²) < 4.78 is 0. The van der Waals surface area contributed by atoms with Crippen LogP contribution >= 0.6 is 0 Å². The summed E-state index contributed by atoms with van der Waals surface area (Å²) in [6, 6.07) is 37.4. The predicted molar refractivity (Wildman–Crippen MR) is 173 cm³/mol. The second-order valence-electron chi connectivity index (χ2n) is 13.0. The van der Waals surface area contributed by atoms with Crippen LogP contribution in [0.3, 0.4) is 0 Å². The van der Waals surface area contributed by atoms with Gasteiger partial charge in [-0.25, -0.2) is 15.0 Å². The van der Waals surface area contributed by atoms with Crippen molar-refractivity contribution >= 4 is 0 Å². The molecule has 4 aromatic carbocycles. The molecule has 2 bridgehead atoms. The Morgan fingerprint density at radius 3 is 1.74 bits per heavy atom. The molecule has 0 N–H and O–H groups in total. The zero-order valence-corrected chi connectivity index (χ0v) is 24.9. The number of nitriles is 1. The Balaban J connectivity index is 1.28. The number of benzene rings is 4. The van der Waals surface area contributed by atoms with Crippen molar-refractivity contribution in [1.82, 2.24) is 15.0 Å². The van der Waals surface area contributed by atoms with Crippen LogP contribution in [0.15, 0.2) is 103 Å². The van der Waals surface area contributed by atoms with E-state index >= 15 is 0 Å². The third kappa shape index (κ3) is 5.48. The van der Waals surface area contributed by atoms with Crippen LogP contribution in [-0.2, 0) is 5.41 Å². The van der Waals surface area contributed by atoms with Gasteiger partial charge in [0.2, 0.25) is 0 Å². The van der Waals surface area contributed by atoms with Crippen molar-refractivity contribution in [3.05, 3.63) is 114 Å². The minimum absolute atomic E-state index is 0.296. The maximum atomic E-state index is 9.20. The van der Waals surface area contributed by atoms with Gasteiger partial charge in [0.05, 0.1) is 11.6 Å². The lowest BCUT2D eigenvalue weighted by Crippen LogP contribution is -2.42. The van der Waals surface area contributed by atoms with Crippen LogP contribution in [0, 0.1) is 29.1 Å². The second kappa shape index (κ2) is 11.2. The highest BCUT2D eigenvalue weighted by Gasteiger charge is 2.45. The number of rotatable bonds is 5. The van der Waals surface area contributed by atoms with E-state index in [1.807, 2.05) is 66.7 Å². The molecule has 5 aromatic rings. The maximum Gasteiger partial charge on any atom is 0.164 e. The van der Waals surface area contributed by atoms with Crippen molar-refractivity contribution in [3.8, 4) is 51.4 Å². The van der Waals surface area contributed by atoms with Gasteiger partial charge >= 0.3 is 0 Å². The molecule has 2 saturated carbocycles. The summed E-state index contributed by atoms with van der Waals surface area (Å²) in [4.78, 5) is 14.9. The zero-order valence-electron chi connectivity index (χ0n) is 24.9. The Morgan fingerprint density at radius 1 is 0.581 bits per heavy atom. The normalized spacial score (nSPS) is 23.0. The minimum Gasteiger partial charge on any atom is -0.208 e. The van der Waals surface area contributed by atoms with E-state index in [1.54, 1.807) is 0 Å². The first kappa shape index (κ1) is 27.2. The van der Waals surface area contributed by atoms with Gasteiger partial charge in [0.25, 0.3) is 0 Å². The molecular weight excluding hydrogens is 524 g/mol. The molecule has 0 saturated heterocycles. The Labute approximate surface area is 254 Å². The Hall–Kier alpha value is -4.62. The summed E-state index contributed by atoms with van der Waals surface area (Å²) >= 11 is 0. The SMILES string of the molecule is C[C@@H]1C[C@@H]2C[C@H](C)CC(c3ccc(-c4nc(-c5ccccc5)nc(-c5cccc(-c6ccc(C#N)cc6)c5)n4)cc3)(C1)C2. The monoisotopic (exact) mass is 560 g/mol. The Kier molecular flexibility index (Phi) is 7.11. The van der Waals surface area contributed by atoms with Crippen LogP contribution in [0.4, 0.5) is 0 Å². The molecule has 43 heavy (non-hydrogen) atoms. The third-order valence-electron chi connectivity index (χ3n) is 9.52. The van der Waals surface area contributed by atoms with Gasteiger partial charge in [-0.15, -0.1) is 0 Å². The van der Waals surface area contributed by atoms with Crippen LogP contribution < -0.4 is 0 Å². The maximum absolute atomic E-state index is 9.20. The van der Waals surface area contributed by atoms with Crippen molar-refractivity contribution < 1.29 is 0 Å². The van der Waals surface area contributed by atoms with Gasteiger partial charge < -0.3 is 0 Å². The average Bonchev–Trinajstić information content (AvgIpc) is 3.04. The number of hydrogen-bond acceptors (Lipinski definition) is 4. The van der Waals surface area contributed by atoms with Crippen molar-refractivity contribution in [3.63, 3.8) is 0 Å². The van der Waals surface area contributed by atoms with Gasteiger partial charge in [0, 0.05) is 16.7 Å². The molecule has 0 amide bonds. The Morgan fingerprint density at radius 2 is 1.12 bits per heavy atom. The van der Waals surface area contributed by atoms with E-state index in [0.29, 0.717) is 28.5 Å². The lowest BCUT2D eigenvalue weighted by molar-refractivity contribution is 0.0780. The van der Waals surface area contributed by atoms with E-state index in [1.165, 1.54) is 37.7 Å². The number of fused-ring (bicyclic) bond motifs is 2. The lowest BCUT2D eigenvalue weighted by Gasteiger charge is -2.50. The number of nitrogens with zero attached hydrogens (tertiary/aromatic N) is 4. The van der Waals surface area contributed by atoms with Crippen LogP contribution in [-0.4, -0.2) is 15.0 Å².